The van der Waals surface area contributed by atoms with Gasteiger partial charge in [0.15, 0.2) is 17.2 Å². The molecule has 1 heterocycles. The van der Waals surface area contributed by atoms with Gasteiger partial charge in [-0.1, -0.05) is 80.4 Å². The van der Waals surface area contributed by atoms with E-state index < -0.39 is 35.7 Å². The van der Waals surface area contributed by atoms with Gasteiger partial charge in [0, 0.05) is 24.6 Å². The Kier molecular flexibility index (Phi) is 9.99. The molecule has 0 radical (unpaired) electrons. The Morgan fingerprint density at radius 3 is 1.82 bits per heavy atom. The van der Waals surface area contributed by atoms with E-state index in [2.05, 4.69) is 4.98 Å². The number of aryl methyl sites for hydroxylation is 2. The Hall–Kier alpha value is -4.00. The molecule has 2 atom stereocenters. The lowest BCUT2D eigenvalue weighted by molar-refractivity contribution is -0.153. The normalized spacial score (nSPS) is 12.6. The third-order valence-electron chi connectivity index (χ3n) is 6.56. The van der Waals surface area contributed by atoms with Crippen molar-refractivity contribution >= 4 is 17.7 Å². The van der Waals surface area contributed by atoms with E-state index in [0.29, 0.717) is 0 Å². The summed E-state index contributed by atoms with van der Waals surface area (Å²) in [5, 5.41) is 0. The second kappa shape index (κ2) is 13.2. The van der Waals surface area contributed by atoms with Gasteiger partial charge in [-0.2, -0.15) is 0 Å². The zero-order chi connectivity index (χ0) is 28.7. The molecule has 206 valence electrons. The Morgan fingerprint density at radius 1 is 0.795 bits per heavy atom. The van der Waals surface area contributed by atoms with Gasteiger partial charge >= 0.3 is 11.9 Å². The highest BCUT2D eigenvalue weighted by Crippen LogP contribution is 2.33. The largest absolute Gasteiger partial charge is 0.493 e. The molecule has 1 aromatic heterocycles. The highest BCUT2D eigenvalue weighted by molar-refractivity contribution is 6.00. The van der Waals surface area contributed by atoms with Crippen LogP contribution in [0.5, 0.6) is 11.5 Å². The quantitative estimate of drug-likeness (QED) is 0.214. The zero-order valence-electron chi connectivity index (χ0n) is 23.7. The van der Waals surface area contributed by atoms with E-state index in [1.807, 2.05) is 69.3 Å². The van der Waals surface area contributed by atoms with E-state index in [1.54, 1.807) is 20.8 Å². The molecule has 0 fully saturated rings. The molecule has 0 bridgehead atoms. The molecular weight excluding hydrogens is 494 g/mol. The van der Waals surface area contributed by atoms with Crippen LogP contribution in [0.2, 0.25) is 0 Å². The maximum Gasteiger partial charge on any atom is 0.313 e. The van der Waals surface area contributed by atoms with E-state index in [0.717, 1.165) is 22.3 Å². The summed E-state index contributed by atoms with van der Waals surface area (Å²) in [6.07, 6.45) is 0.743. The lowest BCUT2D eigenvalue weighted by Gasteiger charge is -2.26. The molecule has 0 unspecified atom stereocenters. The number of ketones is 1. The van der Waals surface area contributed by atoms with Crippen molar-refractivity contribution in [3.05, 3.63) is 88.7 Å². The summed E-state index contributed by atoms with van der Waals surface area (Å²) < 4.78 is 16.7. The first-order chi connectivity index (χ1) is 18.5. The van der Waals surface area contributed by atoms with Crippen LogP contribution in [0, 0.1) is 25.7 Å². The van der Waals surface area contributed by atoms with Crippen LogP contribution >= 0.6 is 0 Å². The van der Waals surface area contributed by atoms with Gasteiger partial charge in [-0.3, -0.25) is 14.4 Å². The van der Waals surface area contributed by atoms with Crippen molar-refractivity contribution in [2.24, 2.45) is 11.8 Å². The number of carbonyl (C=O) groups excluding carboxylic acids is 3. The molecule has 0 aliphatic rings. The van der Waals surface area contributed by atoms with E-state index >= 15 is 0 Å². The summed E-state index contributed by atoms with van der Waals surface area (Å²) in [7, 11) is 1.41. The molecule has 0 saturated carbocycles. The van der Waals surface area contributed by atoms with Crippen molar-refractivity contribution in [1.82, 2.24) is 4.98 Å². The molecule has 0 N–H and O–H groups in total. The average molecular weight is 532 g/mol. The van der Waals surface area contributed by atoms with Gasteiger partial charge in [0.25, 0.3) is 0 Å². The SMILES string of the molecule is COc1ccnc(C(=O)C[C@@H](C)C(=O)O[C@@H](C)C(c2ccc(C)cc2)c2ccc(C)cc2)c1OC(=O)C(C)C. The number of esters is 2. The molecule has 3 rings (SSSR count). The highest BCUT2D eigenvalue weighted by Gasteiger charge is 2.30. The van der Waals surface area contributed by atoms with E-state index in [1.165, 1.54) is 19.4 Å². The summed E-state index contributed by atoms with van der Waals surface area (Å²) in [4.78, 5) is 42.8. The number of benzene rings is 2. The Morgan fingerprint density at radius 2 is 1.33 bits per heavy atom. The minimum atomic E-state index is -0.752. The van der Waals surface area contributed by atoms with Crippen molar-refractivity contribution in [2.45, 2.75) is 60.0 Å². The first-order valence-electron chi connectivity index (χ1n) is 13.1. The number of hydrogen-bond acceptors (Lipinski definition) is 7. The van der Waals surface area contributed by atoms with Crippen LogP contribution in [0.1, 0.15) is 72.8 Å². The van der Waals surface area contributed by atoms with Crippen molar-refractivity contribution in [3.8, 4) is 11.5 Å². The van der Waals surface area contributed by atoms with E-state index in [9.17, 15) is 14.4 Å². The molecule has 0 aliphatic heterocycles. The van der Waals surface area contributed by atoms with Crippen LogP contribution in [-0.2, 0) is 14.3 Å². The maximum atomic E-state index is 13.2. The number of Topliss-reactive ketones (excluding diaryl/α,β-unsaturated/α-hetero) is 1. The molecule has 7 nitrogen and oxygen atoms in total. The van der Waals surface area contributed by atoms with Crippen molar-refractivity contribution < 1.29 is 28.6 Å². The van der Waals surface area contributed by atoms with Crippen LogP contribution in [0.4, 0.5) is 0 Å². The van der Waals surface area contributed by atoms with E-state index in [-0.39, 0.29) is 29.5 Å². The smallest absolute Gasteiger partial charge is 0.313 e. The summed E-state index contributed by atoms with van der Waals surface area (Å²) in [5.41, 5.74) is 4.29. The minimum Gasteiger partial charge on any atom is -0.493 e. The molecule has 2 aromatic carbocycles. The average Bonchev–Trinajstić information content (AvgIpc) is 2.90. The lowest BCUT2D eigenvalue weighted by Crippen LogP contribution is -2.28. The highest BCUT2D eigenvalue weighted by atomic mass is 16.6. The van der Waals surface area contributed by atoms with Gasteiger partial charge < -0.3 is 14.2 Å². The number of aromatic nitrogens is 1. The van der Waals surface area contributed by atoms with Crippen molar-refractivity contribution in [1.29, 1.82) is 0 Å². The van der Waals surface area contributed by atoms with Crippen LogP contribution < -0.4 is 9.47 Å². The van der Waals surface area contributed by atoms with Crippen LogP contribution in [0.15, 0.2) is 60.8 Å². The Balaban J connectivity index is 1.78. The van der Waals surface area contributed by atoms with Crippen LogP contribution in [-0.4, -0.2) is 35.9 Å². The van der Waals surface area contributed by atoms with E-state index in [4.69, 9.17) is 14.2 Å². The third kappa shape index (κ3) is 7.53. The number of rotatable bonds is 11. The minimum absolute atomic E-state index is 0.0450. The van der Waals surface area contributed by atoms with Crippen molar-refractivity contribution in [3.63, 3.8) is 0 Å². The molecule has 0 aliphatic carbocycles. The first kappa shape index (κ1) is 29.6. The fourth-order valence-corrected chi connectivity index (χ4v) is 4.21. The zero-order valence-corrected chi connectivity index (χ0v) is 23.7. The summed E-state index contributed by atoms with van der Waals surface area (Å²) in [6.45, 7) is 10.9. The molecule has 39 heavy (non-hydrogen) atoms. The number of ether oxygens (including phenoxy) is 3. The second-order valence-electron chi connectivity index (χ2n) is 10.2. The van der Waals surface area contributed by atoms with Gasteiger partial charge in [-0.15, -0.1) is 0 Å². The summed E-state index contributed by atoms with van der Waals surface area (Å²) in [6, 6.07) is 17.9. The van der Waals surface area contributed by atoms with Crippen molar-refractivity contribution in [2.75, 3.05) is 7.11 Å². The van der Waals surface area contributed by atoms with Gasteiger partial charge in [0.05, 0.1) is 18.9 Å². The number of hydrogen-bond donors (Lipinski definition) is 0. The molecule has 7 heteroatoms. The van der Waals surface area contributed by atoms with Gasteiger partial charge in [0.2, 0.25) is 5.75 Å². The van der Waals surface area contributed by atoms with Gasteiger partial charge in [-0.25, -0.2) is 4.98 Å². The molecular formula is C32H37NO6. The Labute approximate surface area is 230 Å². The summed E-state index contributed by atoms with van der Waals surface area (Å²) in [5.74, 6) is -2.65. The van der Waals surface area contributed by atoms with Crippen LogP contribution in [0.3, 0.4) is 0 Å². The molecule has 0 amide bonds. The van der Waals surface area contributed by atoms with Crippen LogP contribution in [0.25, 0.3) is 0 Å². The Bertz CT molecular complexity index is 1250. The van der Waals surface area contributed by atoms with Gasteiger partial charge in [0.1, 0.15) is 6.10 Å². The standard InChI is InChI=1S/C32H37NO6/c1-19(2)31(35)39-30-27(37-7)16-17-33-29(30)26(34)18-22(5)32(36)38-23(6)28(24-12-8-20(3)9-13-24)25-14-10-21(4)11-15-25/h8-17,19,22-23,28H,18H2,1-7H3/t22-,23+/m1/s1. The number of nitrogens with zero attached hydrogens (tertiary/aromatic N) is 1. The fourth-order valence-electron chi connectivity index (χ4n) is 4.21. The second-order valence-corrected chi connectivity index (χ2v) is 10.2. The monoisotopic (exact) mass is 531 g/mol. The topological polar surface area (TPSA) is 91.8 Å². The number of pyridine rings is 1. The third-order valence-corrected chi connectivity index (χ3v) is 6.56. The predicted molar refractivity (Wildman–Crippen MR) is 149 cm³/mol. The number of methoxy groups -OCH3 is 1. The molecule has 3 aromatic rings. The maximum absolute atomic E-state index is 13.2. The summed E-state index contributed by atoms with van der Waals surface area (Å²) >= 11 is 0. The molecule has 0 spiro atoms. The molecule has 0 saturated heterocycles. The fraction of sp³-hybridized carbons (Fsp3) is 0.375. The lowest BCUT2D eigenvalue weighted by atomic mass is 9.86. The van der Waals surface area contributed by atoms with Gasteiger partial charge in [-0.05, 0) is 31.9 Å². The predicted octanol–water partition coefficient (Wildman–Crippen LogP) is 6.24. The number of carbonyl (C=O) groups is 3. The first-order valence-corrected chi connectivity index (χ1v) is 13.1.